The number of amides is 1. The number of likely N-dealkylation sites (tertiary alicyclic amines) is 1. The van der Waals surface area contributed by atoms with Gasteiger partial charge in [-0.2, -0.15) is 0 Å². The Balaban J connectivity index is 1.31. The number of methoxy groups -OCH3 is 1. The number of carbonyl (C=O) groups is 1. The van der Waals surface area contributed by atoms with Crippen LogP contribution in [0.15, 0.2) is 77.5 Å². The molecule has 35 heavy (non-hydrogen) atoms. The van der Waals surface area contributed by atoms with E-state index in [0.717, 1.165) is 35.4 Å². The number of carbonyl (C=O) groups excluding carboxylic acids is 1. The second kappa shape index (κ2) is 10.1. The monoisotopic (exact) mass is 471 g/mol. The molecule has 0 spiro atoms. The van der Waals surface area contributed by atoms with Crippen molar-refractivity contribution >= 4 is 5.91 Å². The Bertz CT molecular complexity index is 1320. The Morgan fingerprint density at radius 1 is 1.11 bits per heavy atom. The molecular formula is C28H26FN3O3. The van der Waals surface area contributed by atoms with E-state index >= 15 is 0 Å². The van der Waals surface area contributed by atoms with Gasteiger partial charge in [0.05, 0.1) is 13.3 Å². The number of halogens is 1. The number of ether oxygens (including phenoxy) is 1. The highest BCUT2D eigenvalue weighted by Gasteiger charge is 2.34. The minimum absolute atomic E-state index is 0.0607. The van der Waals surface area contributed by atoms with E-state index in [2.05, 4.69) is 9.97 Å². The molecule has 0 bridgehead atoms. The van der Waals surface area contributed by atoms with Gasteiger partial charge in [0.25, 0.3) is 5.91 Å². The molecule has 1 saturated heterocycles. The van der Waals surface area contributed by atoms with Gasteiger partial charge < -0.3 is 14.1 Å². The minimum atomic E-state index is -0.269. The van der Waals surface area contributed by atoms with Crippen LogP contribution >= 0.6 is 0 Å². The van der Waals surface area contributed by atoms with E-state index in [9.17, 15) is 9.18 Å². The van der Waals surface area contributed by atoms with Gasteiger partial charge in [-0.3, -0.25) is 9.78 Å². The van der Waals surface area contributed by atoms with Gasteiger partial charge in [0.1, 0.15) is 23.4 Å². The second-order valence-electron chi connectivity index (χ2n) is 8.65. The summed E-state index contributed by atoms with van der Waals surface area (Å²) in [7, 11) is 1.65. The number of benzene rings is 2. The lowest BCUT2D eigenvalue weighted by Gasteiger charge is -2.22. The van der Waals surface area contributed by atoms with Crippen LogP contribution in [0, 0.1) is 5.82 Å². The van der Waals surface area contributed by atoms with Crippen LogP contribution < -0.4 is 4.74 Å². The molecule has 1 aliphatic heterocycles. The zero-order valence-corrected chi connectivity index (χ0v) is 19.5. The van der Waals surface area contributed by atoms with Gasteiger partial charge >= 0.3 is 0 Å². The molecule has 1 atom stereocenters. The van der Waals surface area contributed by atoms with Gasteiger partial charge in [-0.25, -0.2) is 9.37 Å². The van der Waals surface area contributed by atoms with Crippen LogP contribution in [0.2, 0.25) is 0 Å². The van der Waals surface area contributed by atoms with Crippen molar-refractivity contribution in [2.75, 3.05) is 13.7 Å². The summed E-state index contributed by atoms with van der Waals surface area (Å²) in [5.41, 5.74) is 3.34. The molecule has 4 aromatic rings. The summed E-state index contributed by atoms with van der Waals surface area (Å²) in [4.78, 5) is 24.2. The first-order valence-corrected chi connectivity index (χ1v) is 11.7. The molecule has 0 aliphatic carbocycles. The van der Waals surface area contributed by atoms with Crippen LogP contribution in [-0.2, 0) is 12.8 Å². The molecule has 6 nitrogen and oxygen atoms in total. The highest BCUT2D eigenvalue weighted by atomic mass is 19.1. The predicted molar refractivity (Wildman–Crippen MR) is 129 cm³/mol. The molecule has 5 rings (SSSR count). The SMILES string of the molecule is COc1ccccc1Cc1cc(C(=O)N2CCC[C@H]2c2ncc(Cc3ccc(F)cc3)o2)ccn1. The molecule has 0 radical (unpaired) electrons. The zero-order chi connectivity index (χ0) is 24.2. The van der Waals surface area contributed by atoms with Crippen molar-refractivity contribution < 1.29 is 18.3 Å². The average Bonchev–Trinajstić information content (AvgIpc) is 3.55. The Hall–Kier alpha value is -4.00. The average molecular weight is 472 g/mol. The molecule has 0 unspecified atom stereocenters. The normalized spacial score (nSPS) is 15.4. The van der Waals surface area contributed by atoms with Crippen LogP contribution in [0.25, 0.3) is 0 Å². The van der Waals surface area contributed by atoms with Gasteiger partial charge in [0, 0.05) is 42.4 Å². The number of oxazole rings is 1. The molecule has 178 valence electrons. The summed E-state index contributed by atoms with van der Waals surface area (Å²) in [6.07, 6.45) is 6.13. The molecule has 7 heteroatoms. The van der Waals surface area contributed by atoms with Crippen molar-refractivity contribution in [3.8, 4) is 5.75 Å². The van der Waals surface area contributed by atoms with E-state index in [1.165, 1.54) is 12.1 Å². The standard InChI is InChI=1S/C28H26FN3O3/c1-34-26-7-3-2-5-20(26)16-23-17-21(12-13-30-23)28(33)32-14-4-6-25(32)27-31-18-24(35-27)15-19-8-10-22(29)11-9-19/h2-3,5,7-13,17-18,25H,4,6,14-16H2,1H3/t25-/m0/s1. The molecule has 1 fully saturated rings. The van der Waals surface area contributed by atoms with Gasteiger partial charge in [-0.1, -0.05) is 30.3 Å². The summed E-state index contributed by atoms with van der Waals surface area (Å²) in [5.74, 6) is 1.69. The maximum atomic E-state index is 13.5. The maximum Gasteiger partial charge on any atom is 0.254 e. The maximum absolute atomic E-state index is 13.5. The Kier molecular flexibility index (Phi) is 6.57. The second-order valence-corrected chi connectivity index (χ2v) is 8.65. The molecule has 0 N–H and O–H groups in total. The summed E-state index contributed by atoms with van der Waals surface area (Å²) in [5, 5.41) is 0. The highest BCUT2D eigenvalue weighted by Crippen LogP contribution is 2.33. The van der Waals surface area contributed by atoms with Crippen molar-refractivity contribution in [3.63, 3.8) is 0 Å². The number of nitrogens with zero attached hydrogens (tertiary/aromatic N) is 3. The molecule has 2 aromatic heterocycles. The zero-order valence-electron chi connectivity index (χ0n) is 19.5. The molecule has 3 heterocycles. The number of hydrogen-bond donors (Lipinski definition) is 0. The first kappa shape index (κ1) is 22.8. The quantitative estimate of drug-likeness (QED) is 0.362. The summed E-state index contributed by atoms with van der Waals surface area (Å²) in [6, 6.07) is 17.5. The molecule has 1 amide bonds. The number of hydrogen-bond acceptors (Lipinski definition) is 5. The summed E-state index contributed by atoms with van der Waals surface area (Å²) < 4.78 is 24.6. The predicted octanol–water partition coefficient (Wildman–Crippen LogP) is 5.38. The Morgan fingerprint density at radius 2 is 1.94 bits per heavy atom. The topological polar surface area (TPSA) is 68.5 Å². The molecule has 2 aromatic carbocycles. The van der Waals surface area contributed by atoms with E-state index in [1.807, 2.05) is 35.2 Å². The van der Waals surface area contributed by atoms with Crippen molar-refractivity contribution in [2.24, 2.45) is 0 Å². The highest BCUT2D eigenvalue weighted by molar-refractivity contribution is 5.94. The first-order valence-electron chi connectivity index (χ1n) is 11.7. The lowest BCUT2D eigenvalue weighted by molar-refractivity contribution is 0.0714. The fourth-order valence-electron chi connectivity index (χ4n) is 4.55. The Labute approximate surface area is 203 Å². The van der Waals surface area contributed by atoms with E-state index in [0.29, 0.717) is 36.6 Å². The van der Waals surface area contributed by atoms with Crippen LogP contribution in [0.3, 0.4) is 0 Å². The smallest absolute Gasteiger partial charge is 0.254 e. The van der Waals surface area contributed by atoms with E-state index in [4.69, 9.17) is 9.15 Å². The molecule has 0 saturated carbocycles. The molecular weight excluding hydrogens is 445 g/mol. The van der Waals surface area contributed by atoms with Crippen molar-refractivity contribution in [2.45, 2.75) is 31.7 Å². The Morgan fingerprint density at radius 3 is 2.77 bits per heavy atom. The van der Waals surface area contributed by atoms with E-state index < -0.39 is 0 Å². The van der Waals surface area contributed by atoms with Crippen molar-refractivity contribution in [1.82, 2.24) is 14.9 Å². The summed E-state index contributed by atoms with van der Waals surface area (Å²) in [6.45, 7) is 0.642. The fourth-order valence-corrected chi connectivity index (χ4v) is 4.55. The number of aromatic nitrogens is 2. The fraction of sp³-hybridized carbons (Fsp3) is 0.250. The van der Waals surface area contributed by atoms with Gasteiger partial charge in [0.2, 0.25) is 5.89 Å². The van der Waals surface area contributed by atoms with Crippen LogP contribution in [0.5, 0.6) is 5.75 Å². The third kappa shape index (κ3) is 5.09. The third-order valence-corrected chi connectivity index (χ3v) is 6.29. The van der Waals surface area contributed by atoms with Crippen molar-refractivity contribution in [3.05, 3.63) is 113 Å². The number of pyridine rings is 1. The van der Waals surface area contributed by atoms with Gasteiger partial charge in [-0.05, 0) is 48.7 Å². The van der Waals surface area contributed by atoms with Gasteiger partial charge in [0.15, 0.2) is 0 Å². The molecule has 1 aliphatic rings. The third-order valence-electron chi connectivity index (χ3n) is 6.29. The first-order chi connectivity index (χ1) is 17.1. The number of para-hydroxylation sites is 1. The van der Waals surface area contributed by atoms with Crippen molar-refractivity contribution in [1.29, 1.82) is 0 Å². The summed E-state index contributed by atoms with van der Waals surface area (Å²) >= 11 is 0. The van der Waals surface area contributed by atoms with Crippen LogP contribution in [-0.4, -0.2) is 34.4 Å². The van der Waals surface area contributed by atoms with E-state index in [1.54, 1.807) is 37.7 Å². The van der Waals surface area contributed by atoms with E-state index in [-0.39, 0.29) is 17.8 Å². The minimum Gasteiger partial charge on any atom is -0.496 e. The van der Waals surface area contributed by atoms with Crippen LogP contribution in [0.1, 0.15) is 57.7 Å². The lowest BCUT2D eigenvalue weighted by Crippen LogP contribution is -2.30. The lowest BCUT2D eigenvalue weighted by atomic mass is 10.1. The van der Waals surface area contributed by atoms with Crippen LogP contribution in [0.4, 0.5) is 4.39 Å². The number of rotatable bonds is 7. The largest absolute Gasteiger partial charge is 0.496 e. The van der Waals surface area contributed by atoms with Gasteiger partial charge in [-0.15, -0.1) is 0 Å².